The number of hydrogen-bond acceptors (Lipinski definition) is 7. The van der Waals surface area contributed by atoms with Crippen molar-refractivity contribution in [3.05, 3.63) is 12.2 Å². The van der Waals surface area contributed by atoms with Crippen LogP contribution in [0.15, 0.2) is 20.8 Å². The van der Waals surface area contributed by atoms with Crippen LogP contribution < -0.4 is 0 Å². The third-order valence-corrected chi connectivity index (χ3v) is 5.90. The maximum absolute atomic E-state index is 11.7. The van der Waals surface area contributed by atoms with E-state index < -0.39 is 0 Å². The van der Waals surface area contributed by atoms with Gasteiger partial charge in [-0.2, -0.15) is 0 Å². The van der Waals surface area contributed by atoms with Gasteiger partial charge in [0, 0.05) is 16.6 Å². The summed E-state index contributed by atoms with van der Waals surface area (Å²) < 4.78 is 7.41. The van der Waals surface area contributed by atoms with Gasteiger partial charge in [0.05, 0.1) is 0 Å². The van der Waals surface area contributed by atoms with Crippen LogP contribution in [0.3, 0.4) is 0 Å². The molecule has 7 heteroatoms. The van der Waals surface area contributed by atoms with Crippen LogP contribution in [0.25, 0.3) is 0 Å². The van der Waals surface area contributed by atoms with E-state index in [0.29, 0.717) is 16.6 Å². The lowest BCUT2D eigenvalue weighted by Crippen LogP contribution is -2.21. The van der Waals surface area contributed by atoms with E-state index in [1.54, 1.807) is 41.8 Å². The number of carbonyl (C=O) groups is 1. The number of aromatic nitrogens is 2. The molecular formula is C15H24N2O2S3. The maximum Gasteiger partial charge on any atom is 0.333 e. The molecule has 0 N–H and O–H groups in total. The van der Waals surface area contributed by atoms with Crippen LogP contribution in [0.1, 0.15) is 47.0 Å². The highest BCUT2D eigenvalue weighted by atomic mass is 32.2. The van der Waals surface area contributed by atoms with E-state index in [1.165, 1.54) is 0 Å². The van der Waals surface area contributed by atoms with Crippen molar-refractivity contribution in [1.29, 1.82) is 0 Å². The smallest absolute Gasteiger partial charge is 0.333 e. The summed E-state index contributed by atoms with van der Waals surface area (Å²) in [5.41, 5.74) is 0.443. The zero-order valence-corrected chi connectivity index (χ0v) is 16.1. The maximum atomic E-state index is 11.7. The van der Waals surface area contributed by atoms with Crippen LogP contribution >= 0.6 is 34.9 Å². The Morgan fingerprint density at radius 1 is 1.36 bits per heavy atom. The van der Waals surface area contributed by atoms with Crippen LogP contribution in [-0.4, -0.2) is 33.3 Å². The molecule has 0 radical (unpaired) electrons. The van der Waals surface area contributed by atoms with Crippen LogP contribution in [0, 0.1) is 0 Å². The van der Waals surface area contributed by atoms with Gasteiger partial charge in [-0.15, -0.1) is 10.2 Å². The molecule has 0 aromatic carbocycles. The van der Waals surface area contributed by atoms with Crippen LogP contribution in [0.5, 0.6) is 0 Å². The molecule has 0 saturated heterocycles. The summed E-state index contributed by atoms with van der Waals surface area (Å²) in [5.74, 6) is 0.398. The minimum Gasteiger partial charge on any atom is -0.458 e. The molecule has 22 heavy (non-hydrogen) atoms. The Balaban J connectivity index is 2.52. The molecule has 0 aliphatic heterocycles. The monoisotopic (exact) mass is 360 g/mol. The summed E-state index contributed by atoms with van der Waals surface area (Å²) in [4.78, 5) is 11.7. The van der Waals surface area contributed by atoms with Crippen molar-refractivity contribution >= 4 is 40.8 Å². The molecule has 1 rings (SSSR count). The standard InChI is InChI=1S/C15H24N2O2S3/c1-6-7-8-12(19-13(18)10(2)3)9-20-14-16-17-15(22-14)21-11(4)5/h11-12H,2,6-9H2,1,3-5H3. The van der Waals surface area contributed by atoms with E-state index >= 15 is 0 Å². The first kappa shape index (κ1) is 19.5. The van der Waals surface area contributed by atoms with Crippen LogP contribution in [0.2, 0.25) is 0 Å². The minimum absolute atomic E-state index is 0.0979. The molecule has 0 bridgehead atoms. The molecule has 1 atom stereocenters. The number of esters is 1. The Hall–Kier alpha value is -0.530. The van der Waals surface area contributed by atoms with Gasteiger partial charge >= 0.3 is 5.97 Å². The van der Waals surface area contributed by atoms with E-state index in [2.05, 4.69) is 37.5 Å². The van der Waals surface area contributed by atoms with E-state index in [0.717, 1.165) is 27.9 Å². The molecule has 0 aliphatic carbocycles. The van der Waals surface area contributed by atoms with Gasteiger partial charge in [-0.3, -0.25) is 0 Å². The Morgan fingerprint density at radius 2 is 2.05 bits per heavy atom. The SMILES string of the molecule is C=C(C)C(=O)OC(CCCC)CSc1nnc(SC(C)C)s1. The van der Waals surface area contributed by atoms with Gasteiger partial charge in [0.1, 0.15) is 6.10 Å². The molecule has 0 amide bonds. The van der Waals surface area contributed by atoms with Crippen molar-refractivity contribution < 1.29 is 9.53 Å². The fourth-order valence-corrected chi connectivity index (χ4v) is 4.84. The summed E-state index contributed by atoms with van der Waals surface area (Å²) >= 11 is 4.92. The molecule has 0 saturated carbocycles. The van der Waals surface area contributed by atoms with E-state index in [-0.39, 0.29) is 12.1 Å². The zero-order valence-electron chi connectivity index (χ0n) is 13.6. The highest BCUT2D eigenvalue weighted by Gasteiger charge is 2.16. The second-order valence-electron chi connectivity index (χ2n) is 5.26. The number of unbranched alkanes of at least 4 members (excludes halogenated alkanes) is 1. The molecule has 0 aliphatic rings. The fourth-order valence-electron chi connectivity index (χ4n) is 1.53. The van der Waals surface area contributed by atoms with Gasteiger partial charge in [0.15, 0.2) is 8.68 Å². The molecule has 4 nitrogen and oxygen atoms in total. The van der Waals surface area contributed by atoms with E-state index in [4.69, 9.17) is 4.74 Å². The molecule has 1 aromatic rings. The number of thioether (sulfide) groups is 2. The first-order valence-electron chi connectivity index (χ1n) is 7.41. The number of nitrogens with zero attached hydrogens (tertiary/aromatic N) is 2. The Bertz CT molecular complexity index is 489. The Morgan fingerprint density at radius 3 is 2.64 bits per heavy atom. The highest BCUT2D eigenvalue weighted by molar-refractivity contribution is 8.03. The molecule has 0 spiro atoms. The van der Waals surface area contributed by atoms with Gasteiger partial charge < -0.3 is 4.74 Å². The quantitative estimate of drug-likeness (QED) is 0.339. The summed E-state index contributed by atoms with van der Waals surface area (Å²) in [7, 11) is 0. The first-order valence-corrected chi connectivity index (χ1v) is 10.1. The predicted octanol–water partition coefficient (Wildman–Crippen LogP) is 4.81. The average molecular weight is 361 g/mol. The molecular weight excluding hydrogens is 336 g/mol. The second-order valence-corrected chi connectivity index (χ2v) is 9.33. The second kappa shape index (κ2) is 10.3. The fraction of sp³-hybridized carbons (Fsp3) is 0.667. The van der Waals surface area contributed by atoms with Crippen molar-refractivity contribution in [2.24, 2.45) is 0 Å². The number of rotatable bonds is 10. The number of carbonyl (C=O) groups excluding carboxylic acids is 1. The molecule has 0 fully saturated rings. The predicted molar refractivity (Wildman–Crippen MR) is 95.8 cm³/mol. The number of hydrogen-bond donors (Lipinski definition) is 0. The molecule has 1 heterocycles. The van der Waals surface area contributed by atoms with E-state index in [9.17, 15) is 4.79 Å². The largest absolute Gasteiger partial charge is 0.458 e. The van der Waals surface area contributed by atoms with Gasteiger partial charge in [0.25, 0.3) is 0 Å². The van der Waals surface area contributed by atoms with Crippen LogP contribution in [-0.2, 0) is 9.53 Å². The molecule has 1 unspecified atom stereocenters. The van der Waals surface area contributed by atoms with E-state index in [1.807, 2.05) is 0 Å². The number of ether oxygens (including phenoxy) is 1. The lowest BCUT2D eigenvalue weighted by molar-refractivity contribution is -0.143. The Kier molecular flexibility index (Phi) is 9.12. The Labute approximate surface area is 145 Å². The zero-order chi connectivity index (χ0) is 16.5. The molecule has 1 aromatic heterocycles. The van der Waals surface area contributed by atoms with Crippen LogP contribution in [0.4, 0.5) is 0 Å². The van der Waals surface area contributed by atoms with Gasteiger partial charge in [-0.1, -0.05) is 75.1 Å². The topological polar surface area (TPSA) is 52.1 Å². The third-order valence-electron chi connectivity index (χ3n) is 2.62. The lowest BCUT2D eigenvalue weighted by atomic mass is 10.2. The van der Waals surface area contributed by atoms with Crippen molar-refractivity contribution in [2.75, 3.05) is 5.75 Å². The van der Waals surface area contributed by atoms with Gasteiger partial charge in [-0.05, 0) is 13.3 Å². The summed E-state index contributed by atoms with van der Waals surface area (Å²) in [5, 5.41) is 8.86. The molecule has 124 valence electrons. The lowest BCUT2D eigenvalue weighted by Gasteiger charge is -2.16. The highest BCUT2D eigenvalue weighted by Crippen LogP contribution is 2.31. The minimum atomic E-state index is -0.310. The third kappa shape index (κ3) is 7.65. The van der Waals surface area contributed by atoms with Crippen molar-refractivity contribution in [3.8, 4) is 0 Å². The summed E-state index contributed by atoms with van der Waals surface area (Å²) in [6.45, 7) is 11.7. The summed E-state index contributed by atoms with van der Waals surface area (Å²) in [6, 6.07) is 0. The first-order chi connectivity index (χ1) is 10.4. The average Bonchev–Trinajstić information content (AvgIpc) is 2.88. The van der Waals surface area contributed by atoms with Crippen molar-refractivity contribution in [2.45, 2.75) is 67.0 Å². The normalized spacial score (nSPS) is 12.4. The van der Waals surface area contributed by atoms with Gasteiger partial charge in [0.2, 0.25) is 0 Å². The summed E-state index contributed by atoms with van der Waals surface area (Å²) in [6.07, 6.45) is 2.90. The van der Waals surface area contributed by atoms with Crippen molar-refractivity contribution in [3.63, 3.8) is 0 Å². The van der Waals surface area contributed by atoms with Gasteiger partial charge in [-0.25, -0.2) is 4.79 Å². The van der Waals surface area contributed by atoms with Crippen molar-refractivity contribution in [1.82, 2.24) is 10.2 Å².